The number of nitrogens with zero attached hydrogens (tertiary/aromatic N) is 3. The number of alkyl halides is 3. The van der Waals surface area contributed by atoms with Gasteiger partial charge in [-0.2, -0.15) is 18.3 Å². The van der Waals surface area contributed by atoms with E-state index in [9.17, 15) is 18.0 Å². The molecule has 1 saturated heterocycles. The van der Waals surface area contributed by atoms with Gasteiger partial charge in [0.1, 0.15) is 10.8 Å². The molecule has 1 amide bonds. The summed E-state index contributed by atoms with van der Waals surface area (Å²) in [5.74, 6) is 0.175. The van der Waals surface area contributed by atoms with Crippen LogP contribution in [0.15, 0.2) is 17.5 Å². The predicted molar refractivity (Wildman–Crippen MR) is 102 cm³/mol. The quantitative estimate of drug-likeness (QED) is 0.715. The molecule has 28 heavy (non-hydrogen) atoms. The van der Waals surface area contributed by atoms with Gasteiger partial charge in [0.25, 0.3) is 5.91 Å². The van der Waals surface area contributed by atoms with Crippen molar-refractivity contribution in [1.29, 1.82) is 0 Å². The maximum absolute atomic E-state index is 13.8. The summed E-state index contributed by atoms with van der Waals surface area (Å²) in [6, 6.07) is 1.21. The zero-order valence-electron chi connectivity index (χ0n) is 15.2. The highest BCUT2D eigenvalue weighted by atomic mass is 35.5. The highest BCUT2D eigenvalue weighted by molar-refractivity contribution is 7.10. The molecule has 4 heterocycles. The Labute approximate surface area is 169 Å². The number of rotatable bonds is 2. The lowest BCUT2D eigenvalue weighted by Crippen LogP contribution is -2.38. The summed E-state index contributed by atoms with van der Waals surface area (Å²) in [4.78, 5) is 15.3. The Bertz CT molecular complexity index is 859. The van der Waals surface area contributed by atoms with E-state index >= 15 is 0 Å². The zero-order valence-corrected chi connectivity index (χ0v) is 16.7. The number of carbonyl (C=O) groups is 1. The van der Waals surface area contributed by atoms with Crippen molar-refractivity contribution in [2.45, 2.75) is 44.4 Å². The van der Waals surface area contributed by atoms with Crippen LogP contribution in [0.3, 0.4) is 0 Å². The van der Waals surface area contributed by atoms with Gasteiger partial charge in [-0.25, -0.2) is 4.68 Å². The summed E-state index contributed by atoms with van der Waals surface area (Å²) in [6.07, 6.45) is -2.98. The number of fused-ring (bicyclic) bond motifs is 1. The highest BCUT2D eigenvalue weighted by Crippen LogP contribution is 2.47. The van der Waals surface area contributed by atoms with Crippen LogP contribution >= 0.6 is 22.9 Å². The molecule has 0 radical (unpaired) electrons. The molecule has 5 nitrogen and oxygen atoms in total. The molecule has 0 bridgehead atoms. The number of piperidine rings is 1. The molecular weight excluding hydrogens is 413 g/mol. The molecule has 2 aliphatic rings. The fraction of sp³-hybridized carbons (Fsp3) is 0.556. The average Bonchev–Trinajstić information content (AvgIpc) is 3.29. The van der Waals surface area contributed by atoms with Crippen LogP contribution in [0.2, 0.25) is 5.02 Å². The number of likely N-dealkylation sites (tertiary alicyclic amines) is 1. The topological polar surface area (TPSA) is 50.2 Å². The van der Waals surface area contributed by atoms with Crippen molar-refractivity contribution in [3.05, 3.63) is 33.1 Å². The number of anilines is 1. The number of carbonyl (C=O) groups excluding carboxylic acids is 1. The van der Waals surface area contributed by atoms with Gasteiger partial charge in [0, 0.05) is 24.4 Å². The molecule has 0 aliphatic carbocycles. The number of halogens is 4. The van der Waals surface area contributed by atoms with Gasteiger partial charge in [-0.3, -0.25) is 4.79 Å². The van der Waals surface area contributed by atoms with E-state index in [0.29, 0.717) is 19.0 Å². The fourth-order valence-electron chi connectivity index (χ4n) is 3.76. The molecule has 2 atom stereocenters. The molecule has 2 aromatic rings. The highest BCUT2D eigenvalue weighted by Gasteiger charge is 2.48. The first-order valence-corrected chi connectivity index (χ1v) is 10.5. The molecule has 1 N–H and O–H groups in total. The maximum atomic E-state index is 13.8. The third-order valence-corrected chi connectivity index (χ3v) is 6.80. The van der Waals surface area contributed by atoms with Crippen LogP contribution in [-0.2, 0) is 0 Å². The van der Waals surface area contributed by atoms with Gasteiger partial charge in [-0.05, 0) is 30.2 Å². The van der Waals surface area contributed by atoms with Crippen molar-refractivity contribution >= 4 is 34.7 Å². The monoisotopic (exact) mass is 432 g/mol. The van der Waals surface area contributed by atoms with E-state index in [4.69, 9.17) is 11.6 Å². The second-order valence-corrected chi connectivity index (χ2v) is 8.79. The Morgan fingerprint density at radius 3 is 2.68 bits per heavy atom. The van der Waals surface area contributed by atoms with Crippen LogP contribution in [0.4, 0.5) is 19.0 Å². The minimum absolute atomic E-state index is 0.0425. The standard InChI is InChI=1S/C18H20ClF3N4OS/c1-10-4-6-25(7-5-10)17(27)15-14(19)16-23-11(12-3-2-8-28-12)9-13(18(20,21)22)26(16)24-15/h2-3,8,10-11,13,23H,4-7,9H2,1H3/t11-,13-/m0/s1. The lowest BCUT2D eigenvalue weighted by atomic mass is 9.99. The Kier molecular flexibility index (Phi) is 5.07. The number of hydrogen-bond donors (Lipinski definition) is 1. The number of amides is 1. The molecule has 10 heteroatoms. The molecule has 1 fully saturated rings. The van der Waals surface area contributed by atoms with Crippen LogP contribution in [-0.4, -0.2) is 39.9 Å². The summed E-state index contributed by atoms with van der Waals surface area (Å²) >= 11 is 7.75. The van der Waals surface area contributed by atoms with Gasteiger partial charge in [0.2, 0.25) is 0 Å². The smallest absolute Gasteiger partial charge is 0.361 e. The van der Waals surface area contributed by atoms with Crippen molar-refractivity contribution in [2.75, 3.05) is 18.4 Å². The maximum Gasteiger partial charge on any atom is 0.410 e. The molecule has 2 aliphatic heterocycles. The summed E-state index contributed by atoms with van der Waals surface area (Å²) in [7, 11) is 0. The molecule has 0 spiro atoms. The molecule has 4 rings (SSSR count). The molecule has 152 valence electrons. The van der Waals surface area contributed by atoms with Crippen molar-refractivity contribution < 1.29 is 18.0 Å². The van der Waals surface area contributed by atoms with Crippen LogP contribution in [0.25, 0.3) is 0 Å². The van der Waals surface area contributed by atoms with Crippen LogP contribution in [0, 0.1) is 5.92 Å². The lowest BCUT2D eigenvalue weighted by molar-refractivity contribution is -0.173. The average molecular weight is 433 g/mol. The normalized spacial score (nSPS) is 23.4. The van der Waals surface area contributed by atoms with Gasteiger partial charge >= 0.3 is 6.18 Å². The van der Waals surface area contributed by atoms with Gasteiger partial charge in [-0.1, -0.05) is 24.6 Å². The lowest BCUT2D eigenvalue weighted by Gasteiger charge is -2.32. The third kappa shape index (κ3) is 3.50. The van der Waals surface area contributed by atoms with E-state index in [-0.39, 0.29) is 23.0 Å². The summed E-state index contributed by atoms with van der Waals surface area (Å²) in [6.45, 7) is 3.24. The Morgan fingerprint density at radius 1 is 1.36 bits per heavy atom. The largest absolute Gasteiger partial charge is 0.410 e. The van der Waals surface area contributed by atoms with Crippen LogP contribution in [0.1, 0.15) is 53.6 Å². The Hall–Kier alpha value is -1.74. The van der Waals surface area contributed by atoms with E-state index in [1.165, 1.54) is 11.3 Å². The molecule has 0 unspecified atom stereocenters. The van der Waals surface area contributed by atoms with Gasteiger partial charge < -0.3 is 10.2 Å². The number of nitrogens with one attached hydrogen (secondary N) is 1. The number of aromatic nitrogens is 2. The van der Waals surface area contributed by atoms with E-state index < -0.39 is 24.2 Å². The van der Waals surface area contributed by atoms with Crippen LogP contribution in [0.5, 0.6) is 0 Å². The van der Waals surface area contributed by atoms with Gasteiger partial charge in [-0.15, -0.1) is 11.3 Å². The first-order valence-electron chi connectivity index (χ1n) is 9.19. The Balaban J connectivity index is 1.69. The predicted octanol–water partition coefficient (Wildman–Crippen LogP) is 5.13. The SMILES string of the molecule is CC1CCN(C(=O)c2nn3c(c2Cl)N[C@H](c2cccs2)C[C@H]3C(F)(F)F)CC1. The fourth-order valence-corrected chi connectivity index (χ4v) is 4.81. The van der Waals surface area contributed by atoms with Gasteiger partial charge in [0.05, 0.1) is 6.04 Å². The van der Waals surface area contributed by atoms with Crippen molar-refractivity contribution in [2.24, 2.45) is 5.92 Å². The van der Waals surface area contributed by atoms with Crippen molar-refractivity contribution in [3.8, 4) is 0 Å². The molecule has 0 aromatic carbocycles. The van der Waals surface area contributed by atoms with Gasteiger partial charge in [0.15, 0.2) is 11.7 Å². The van der Waals surface area contributed by atoms with Crippen molar-refractivity contribution in [1.82, 2.24) is 14.7 Å². The number of hydrogen-bond acceptors (Lipinski definition) is 4. The second-order valence-electron chi connectivity index (χ2n) is 7.44. The molecular formula is C18H20ClF3N4OS. The molecule has 2 aromatic heterocycles. The Morgan fingerprint density at radius 2 is 2.07 bits per heavy atom. The minimum atomic E-state index is -4.50. The summed E-state index contributed by atoms with van der Waals surface area (Å²) in [5, 5.41) is 8.86. The number of thiophene rings is 1. The molecule has 0 saturated carbocycles. The van der Waals surface area contributed by atoms with Crippen LogP contribution < -0.4 is 5.32 Å². The van der Waals surface area contributed by atoms with E-state index in [1.807, 2.05) is 5.38 Å². The van der Waals surface area contributed by atoms with E-state index in [0.717, 1.165) is 22.4 Å². The van der Waals surface area contributed by atoms with E-state index in [2.05, 4.69) is 17.3 Å². The minimum Gasteiger partial charge on any atom is -0.361 e. The summed E-state index contributed by atoms with van der Waals surface area (Å²) in [5.41, 5.74) is -0.111. The van der Waals surface area contributed by atoms with Crippen molar-refractivity contribution in [3.63, 3.8) is 0 Å². The third-order valence-electron chi connectivity index (χ3n) is 5.46. The first kappa shape index (κ1) is 19.6. The zero-order chi connectivity index (χ0) is 20.1. The first-order chi connectivity index (χ1) is 13.3. The van der Waals surface area contributed by atoms with E-state index in [1.54, 1.807) is 17.0 Å². The summed E-state index contributed by atoms with van der Waals surface area (Å²) < 4.78 is 42.1. The second kappa shape index (κ2) is 7.26.